The summed E-state index contributed by atoms with van der Waals surface area (Å²) in [5, 5.41) is 6.63. The third-order valence-corrected chi connectivity index (χ3v) is 11.6. The number of hydrogen-bond donors (Lipinski definition) is 0. The number of hydrogen-bond acceptors (Lipinski definition) is 5. The van der Waals surface area contributed by atoms with Crippen molar-refractivity contribution in [3.8, 4) is 67.3 Å². The van der Waals surface area contributed by atoms with E-state index in [1.165, 1.54) is 5.39 Å². The molecule has 0 fully saturated rings. The fourth-order valence-electron chi connectivity index (χ4n) is 8.55. The highest BCUT2D eigenvalue weighted by Crippen LogP contribution is 2.39. The fourth-order valence-corrected chi connectivity index (χ4v) is 8.55. The normalized spacial score (nSPS) is 11.7. The lowest BCUT2D eigenvalue weighted by molar-refractivity contribution is 0.668. The molecule has 0 saturated carbocycles. The van der Waals surface area contributed by atoms with Crippen molar-refractivity contribution in [1.29, 1.82) is 0 Å². The molecule has 8 aromatic carbocycles. The number of para-hydroxylation sites is 2. The van der Waals surface area contributed by atoms with Crippen LogP contribution in [0.2, 0.25) is 0 Å². The van der Waals surface area contributed by atoms with E-state index in [4.69, 9.17) is 18.8 Å². The molecule has 0 spiro atoms. The second kappa shape index (κ2) is 13.8. The molecule has 60 heavy (non-hydrogen) atoms. The molecule has 0 unspecified atom stereocenters. The molecule has 0 aliphatic rings. The summed E-state index contributed by atoms with van der Waals surface area (Å²) in [5.74, 6) is 0.640. The van der Waals surface area contributed by atoms with Gasteiger partial charge in [0, 0.05) is 61.6 Å². The molecule has 0 amide bonds. The van der Waals surface area contributed by atoms with Gasteiger partial charge in [-0.25, -0.2) is 9.97 Å². The molecule has 0 radical (unpaired) electrons. The lowest BCUT2D eigenvalue weighted by Crippen LogP contribution is -1.97. The van der Waals surface area contributed by atoms with E-state index < -0.39 is 0 Å². The average Bonchev–Trinajstić information content (AvgIpc) is 3.89. The van der Waals surface area contributed by atoms with Gasteiger partial charge < -0.3 is 8.83 Å². The number of benzene rings is 8. The zero-order valence-corrected chi connectivity index (χ0v) is 32.2. The van der Waals surface area contributed by atoms with Gasteiger partial charge in [0.1, 0.15) is 22.3 Å². The summed E-state index contributed by atoms with van der Waals surface area (Å²) in [4.78, 5) is 15.2. The van der Waals surface area contributed by atoms with Crippen LogP contribution in [-0.2, 0) is 0 Å². The third kappa shape index (κ3) is 5.83. The van der Waals surface area contributed by atoms with Crippen LogP contribution in [0, 0.1) is 0 Å². The first kappa shape index (κ1) is 33.9. The molecule has 0 aliphatic carbocycles. The minimum Gasteiger partial charge on any atom is -0.456 e. The zero-order valence-electron chi connectivity index (χ0n) is 32.2. The first-order valence-electron chi connectivity index (χ1n) is 20.1. The van der Waals surface area contributed by atoms with E-state index in [2.05, 4.69) is 145 Å². The van der Waals surface area contributed by atoms with E-state index in [0.717, 1.165) is 111 Å². The second-order valence-corrected chi connectivity index (χ2v) is 15.2. The predicted molar refractivity (Wildman–Crippen MR) is 245 cm³/mol. The van der Waals surface area contributed by atoms with Crippen LogP contribution in [0.25, 0.3) is 122 Å². The number of pyridine rings is 1. The SMILES string of the molecule is c1ccc(-c2cc(-c3ccc(-c4cncc5ccccc45)cc3)nc(-c3cc(-c4ccc5oc6ccccc6c5c4)cc(-c4ccc5oc6ccccc6c5c4)c3)n2)cc1. The van der Waals surface area contributed by atoms with Crippen molar-refractivity contribution in [2.75, 3.05) is 0 Å². The molecule has 0 aliphatic heterocycles. The van der Waals surface area contributed by atoms with Crippen molar-refractivity contribution in [2.24, 2.45) is 0 Å². The molecule has 280 valence electrons. The van der Waals surface area contributed by atoms with Gasteiger partial charge in [-0.05, 0) is 93.9 Å². The molecule has 0 saturated heterocycles. The van der Waals surface area contributed by atoms with Crippen LogP contribution in [0.1, 0.15) is 0 Å². The summed E-state index contributed by atoms with van der Waals surface area (Å²) in [6, 6.07) is 65.4. The Morgan fingerprint density at radius 1 is 0.300 bits per heavy atom. The Hall–Kier alpha value is -8.15. The molecule has 4 heterocycles. The molecular formula is C55H33N3O2. The first-order chi connectivity index (χ1) is 29.7. The molecule has 4 aromatic heterocycles. The Labute approximate surface area is 344 Å². The van der Waals surface area contributed by atoms with Crippen LogP contribution in [0.4, 0.5) is 0 Å². The van der Waals surface area contributed by atoms with Gasteiger partial charge in [-0.2, -0.15) is 0 Å². The monoisotopic (exact) mass is 767 g/mol. The van der Waals surface area contributed by atoms with Crippen LogP contribution in [-0.4, -0.2) is 15.0 Å². The fraction of sp³-hybridized carbons (Fsp3) is 0. The number of nitrogens with zero attached hydrogens (tertiary/aromatic N) is 3. The summed E-state index contributed by atoms with van der Waals surface area (Å²) in [6.45, 7) is 0. The van der Waals surface area contributed by atoms with Crippen LogP contribution in [0.5, 0.6) is 0 Å². The maximum atomic E-state index is 6.23. The van der Waals surface area contributed by atoms with E-state index in [0.29, 0.717) is 5.82 Å². The zero-order chi connectivity index (χ0) is 39.6. The van der Waals surface area contributed by atoms with Crippen molar-refractivity contribution in [3.63, 3.8) is 0 Å². The summed E-state index contributed by atoms with van der Waals surface area (Å²) < 4.78 is 12.5. The van der Waals surface area contributed by atoms with Crippen molar-refractivity contribution >= 4 is 54.6 Å². The lowest BCUT2D eigenvalue weighted by Gasteiger charge is -2.13. The highest BCUT2D eigenvalue weighted by molar-refractivity contribution is 6.08. The predicted octanol–water partition coefficient (Wildman–Crippen LogP) is 14.8. The maximum Gasteiger partial charge on any atom is 0.160 e. The Morgan fingerprint density at radius 2 is 0.783 bits per heavy atom. The van der Waals surface area contributed by atoms with E-state index in [-0.39, 0.29) is 0 Å². The molecule has 0 atom stereocenters. The van der Waals surface area contributed by atoms with Crippen molar-refractivity contribution in [1.82, 2.24) is 15.0 Å². The second-order valence-electron chi connectivity index (χ2n) is 15.2. The molecule has 0 bridgehead atoms. The van der Waals surface area contributed by atoms with Crippen LogP contribution in [0.3, 0.4) is 0 Å². The number of fused-ring (bicyclic) bond motifs is 7. The molecule has 12 rings (SSSR count). The average molecular weight is 768 g/mol. The van der Waals surface area contributed by atoms with E-state index in [1.54, 1.807) is 0 Å². The Balaban J connectivity index is 1.04. The largest absolute Gasteiger partial charge is 0.456 e. The summed E-state index contributed by atoms with van der Waals surface area (Å²) in [6.07, 6.45) is 3.86. The molecule has 5 nitrogen and oxygen atoms in total. The van der Waals surface area contributed by atoms with Crippen LogP contribution >= 0.6 is 0 Å². The highest BCUT2D eigenvalue weighted by Gasteiger charge is 2.17. The summed E-state index contributed by atoms with van der Waals surface area (Å²) in [7, 11) is 0. The van der Waals surface area contributed by atoms with E-state index in [1.807, 2.05) is 60.9 Å². The van der Waals surface area contributed by atoms with E-state index >= 15 is 0 Å². The standard InChI is InChI=1S/C55H33N3O2/c1-2-10-35(11-3-1)49-31-50(36-20-18-34(19-21-36)48-33-56-32-39-12-4-5-13-43(39)48)58-55(57-49)42-27-40(37-22-24-53-46(29-37)44-14-6-8-16-51(44)59-53)26-41(28-42)38-23-25-54-47(30-38)45-15-7-9-17-52(45)60-54/h1-33H. The number of rotatable bonds is 6. The number of aromatic nitrogens is 3. The molecule has 5 heteroatoms. The van der Waals surface area contributed by atoms with Crippen molar-refractivity contribution in [2.45, 2.75) is 0 Å². The lowest BCUT2D eigenvalue weighted by atomic mass is 9.94. The molecule has 0 N–H and O–H groups in total. The van der Waals surface area contributed by atoms with Gasteiger partial charge in [-0.3, -0.25) is 4.98 Å². The van der Waals surface area contributed by atoms with Crippen LogP contribution in [0.15, 0.2) is 209 Å². The number of furan rings is 2. The van der Waals surface area contributed by atoms with Gasteiger partial charge >= 0.3 is 0 Å². The molecular weight excluding hydrogens is 735 g/mol. The quantitative estimate of drug-likeness (QED) is 0.169. The maximum absolute atomic E-state index is 6.23. The van der Waals surface area contributed by atoms with Gasteiger partial charge in [0.15, 0.2) is 5.82 Å². The van der Waals surface area contributed by atoms with Gasteiger partial charge in [0.25, 0.3) is 0 Å². The topological polar surface area (TPSA) is 65.0 Å². The summed E-state index contributed by atoms with van der Waals surface area (Å²) in [5.41, 5.74) is 14.5. The van der Waals surface area contributed by atoms with Gasteiger partial charge in [0.05, 0.1) is 11.4 Å². The van der Waals surface area contributed by atoms with Crippen molar-refractivity contribution < 1.29 is 8.83 Å². The highest BCUT2D eigenvalue weighted by atomic mass is 16.3. The third-order valence-electron chi connectivity index (χ3n) is 11.6. The Bertz CT molecular complexity index is 3470. The minimum absolute atomic E-state index is 0.640. The van der Waals surface area contributed by atoms with E-state index in [9.17, 15) is 0 Å². The first-order valence-corrected chi connectivity index (χ1v) is 20.1. The summed E-state index contributed by atoms with van der Waals surface area (Å²) >= 11 is 0. The smallest absolute Gasteiger partial charge is 0.160 e. The Morgan fingerprint density at radius 3 is 1.42 bits per heavy atom. The van der Waals surface area contributed by atoms with Crippen molar-refractivity contribution in [3.05, 3.63) is 200 Å². The van der Waals surface area contributed by atoms with Crippen LogP contribution < -0.4 is 0 Å². The van der Waals surface area contributed by atoms with Gasteiger partial charge in [-0.15, -0.1) is 0 Å². The minimum atomic E-state index is 0.640. The Kier molecular flexibility index (Phi) is 7.78. The molecule has 12 aromatic rings. The van der Waals surface area contributed by atoms with Gasteiger partial charge in [0.2, 0.25) is 0 Å². The van der Waals surface area contributed by atoms with Gasteiger partial charge in [-0.1, -0.05) is 127 Å².